The first-order valence-corrected chi connectivity index (χ1v) is 8.45. The van der Waals surface area contributed by atoms with Crippen molar-refractivity contribution in [1.29, 1.82) is 0 Å². The van der Waals surface area contributed by atoms with Crippen LogP contribution >= 0.6 is 11.8 Å². The first kappa shape index (κ1) is 15.4. The van der Waals surface area contributed by atoms with Crippen LogP contribution in [-0.4, -0.2) is 42.1 Å². The van der Waals surface area contributed by atoms with Gasteiger partial charge in [0.25, 0.3) is 0 Å². The largest absolute Gasteiger partial charge is 0.475 e. The lowest BCUT2D eigenvalue weighted by molar-refractivity contribution is -0.0120. The minimum atomic E-state index is 0.198. The predicted octanol–water partition coefficient (Wildman–Crippen LogP) is 2.97. The van der Waals surface area contributed by atoms with E-state index >= 15 is 0 Å². The third kappa shape index (κ3) is 4.83. The molecule has 112 valence electrons. The van der Waals surface area contributed by atoms with Crippen LogP contribution in [0.4, 0.5) is 5.82 Å². The summed E-state index contributed by atoms with van der Waals surface area (Å²) in [7, 11) is 0. The summed E-state index contributed by atoms with van der Waals surface area (Å²) in [5, 5.41) is 4.00. The van der Waals surface area contributed by atoms with E-state index in [-0.39, 0.29) is 6.10 Å². The second-order valence-corrected chi connectivity index (χ2v) is 5.58. The first-order valence-electron chi connectivity index (χ1n) is 7.23. The standard InChI is InChI=1S/C14H23N3O2S/c1-3-7-15-12-9-13(17-14(16-12)20-2)19-10-11-6-4-5-8-18-11/h9,11H,3-8,10H2,1-2H3,(H,15,16,17). The quantitative estimate of drug-likeness (QED) is 0.617. The Bertz CT molecular complexity index is 411. The monoisotopic (exact) mass is 297 g/mol. The fourth-order valence-corrected chi connectivity index (χ4v) is 2.40. The van der Waals surface area contributed by atoms with Crippen molar-refractivity contribution in [3.63, 3.8) is 0 Å². The van der Waals surface area contributed by atoms with Crippen molar-refractivity contribution >= 4 is 17.6 Å². The number of nitrogens with one attached hydrogen (secondary N) is 1. The summed E-state index contributed by atoms with van der Waals surface area (Å²) in [5.74, 6) is 1.45. The molecule has 0 aromatic carbocycles. The minimum absolute atomic E-state index is 0.198. The molecule has 0 amide bonds. The molecule has 0 saturated carbocycles. The van der Waals surface area contributed by atoms with E-state index in [2.05, 4.69) is 22.2 Å². The topological polar surface area (TPSA) is 56.3 Å². The summed E-state index contributed by atoms with van der Waals surface area (Å²) in [6.45, 7) is 4.44. The second kappa shape index (κ2) is 8.32. The van der Waals surface area contributed by atoms with Crippen molar-refractivity contribution in [2.24, 2.45) is 0 Å². The Morgan fingerprint density at radius 2 is 2.35 bits per heavy atom. The molecule has 6 heteroatoms. The van der Waals surface area contributed by atoms with Gasteiger partial charge < -0.3 is 14.8 Å². The number of rotatable bonds is 7. The Labute approximate surface area is 124 Å². The van der Waals surface area contributed by atoms with E-state index in [1.54, 1.807) is 0 Å². The highest BCUT2D eigenvalue weighted by Gasteiger charge is 2.15. The van der Waals surface area contributed by atoms with Gasteiger partial charge in [0.15, 0.2) is 5.16 Å². The van der Waals surface area contributed by atoms with Crippen molar-refractivity contribution in [3.05, 3.63) is 6.07 Å². The van der Waals surface area contributed by atoms with E-state index in [9.17, 15) is 0 Å². The average Bonchev–Trinajstić information content (AvgIpc) is 2.51. The average molecular weight is 297 g/mol. The normalized spacial score (nSPS) is 18.8. The lowest BCUT2D eigenvalue weighted by atomic mass is 10.1. The Morgan fingerprint density at radius 3 is 3.05 bits per heavy atom. The fourth-order valence-electron chi connectivity index (χ4n) is 2.03. The van der Waals surface area contributed by atoms with E-state index in [0.717, 1.165) is 43.4 Å². The van der Waals surface area contributed by atoms with E-state index in [1.807, 2.05) is 12.3 Å². The van der Waals surface area contributed by atoms with Crippen LogP contribution in [0.5, 0.6) is 5.88 Å². The van der Waals surface area contributed by atoms with Crippen LogP contribution in [-0.2, 0) is 4.74 Å². The van der Waals surface area contributed by atoms with E-state index in [0.29, 0.717) is 12.5 Å². The van der Waals surface area contributed by atoms with Crippen molar-refractivity contribution in [2.75, 3.05) is 31.3 Å². The molecule has 1 unspecified atom stereocenters. The van der Waals surface area contributed by atoms with Gasteiger partial charge in [0.1, 0.15) is 12.4 Å². The van der Waals surface area contributed by atoms with E-state index in [4.69, 9.17) is 9.47 Å². The number of nitrogens with zero attached hydrogens (tertiary/aromatic N) is 2. The Morgan fingerprint density at radius 1 is 1.45 bits per heavy atom. The predicted molar refractivity (Wildman–Crippen MR) is 81.7 cm³/mol. The van der Waals surface area contributed by atoms with Crippen LogP contribution in [0.15, 0.2) is 11.2 Å². The van der Waals surface area contributed by atoms with Gasteiger partial charge >= 0.3 is 0 Å². The third-order valence-electron chi connectivity index (χ3n) is 3.11. The highest BCUT2D eigenvalue weighted by atomic mass is 32.2. The van der Waals surface area contributed by atoms with E-state index < -0.39 is 0 Å². The maximum Gasteiger partial charge on any atom is 0.219 e. The number of ether oxygens (including phenoxy) is 2. The van der Waals surface area contributed by atoms with Gasteiger partial charge in [0.05, 0.1) is 6.10 Å². The Kier molecular flexibility index (Phi) is 6.39. The minimum Gasteiger partial charge on any atom is -0.475 e. The number of thioether (sulfide) groups is 1. The summed E-state index contributed by atoms with van der Waals surface area (Å²) in [5.41, 5.74) is 0. The molecular weight excluding hydrogens is 274 g/mol. The van der Waals surface area contributed by atoms with Gasteiger partial charge in [0.2, 0.25) is 5.88 Å². The van der Waals surface area contributed by atoms with Crippen molar-refractivity contribution in [1.82, 2.24) is 9.97 Å². The number of aromatic nitrogens is 2. The Hall–Kier alpha value is -1.01. The van der Waals surface area contributed by atoms with Crippen LogP contribution in [0.3, 0.4) is 0 Å². The lowest BCUT2D eigenvalue weighted by Crippen LogP contribution is -2.26. The van der Waals surface area contributed by atoms with Crippen LogP contribution < -0.4 is 10.1 Å². The molecule has 1 aromatic heterocycles. The van der Waals surface area contributed by atoms with Gasteiger partial charge in [-0.1, -0.05) is 18.7 Å². The lowest BCUT2D eigenvalue weighted by Gasteiger charge is -2.22. The van der Waals surface area contributed by atoms with Gasteiger partial charge in [-0.15, -0.1) is 0 Å². The van der Waals surface area contributed by atoms with Crippen LogP contribution in [0, 0.1) is 0 Å². The molecule has 1 fully saturated rings. The smallest absolute Gasteiger partial charge is 0.219 e. The van der Waals surface area contributed by atoms with Crippen molar-refractivity contribution in [3.8, 4) is 5.88 Å². The summed E-state index contributed by atoms with van der Waals surface area (Å²) < 4.78 is 11.4. The molecule has 1 aromatic rings. The highest BCUT2D eigenvalue weighted by molar-refractivity contribution is 7.98. The molecule has 1 aliphatic heterocycles. The molecule has 5 nitrogen and oxygen atoms in total. The van der Waals surface area contributed by atoms with Gasteiger partial charge in [-0.05, 0) is 31.9 Å². The highest BCUT2D eigenvalue weighted by Crippen LogP contribution is 2.20. The Balaban J connectivity index is 1.94. The summed E-state index contributed by atoms with van der Waals surface area (Å²) >= 11 is 1.52. The maximum atomic E-state index is 5.78. The zero-order chi connectivity index (χ0) is 14.2. The van der Waals surface area contributed by atoms with Gasteiger partial charge in [-0.25, -0.2) is 4.98 Å². The second-order valence-electron chi connectivity index (χ2n) is 4.80. The summed E-state index contributed by atoms with van der Waals surface area (Å²) in [4.78, 5) is 8.79. The zero-order valence-electron chi connectivity index (χ0n) is 12.2. The van der Waals surface area contributed by atoms with Crippen LogP contribution in [0.2, 0.25) is 0 Å². The fraction of sp³-hybridized carbons (Fsp3) is 0.714. The molecule has 1 atom stereocenters. The molecule has 0 bridgehead atoms. The van der Waals surface area contributed by atoms with Gasteiger partial charge in [-0.2, -0.15) is 4.98 Å². The molecular formula is C14H23N3O2S. The van der Waals surface area contributed by atoms with Crippen LogP contribution in [0.25, 0.3) is 0 Å². The molecule has 1 N–H and O–H groups in total. The third-order valence-corrected chi connectivity index (χ3v) is 3.66. The van der Waals surface area contributed by atoms with Crippen molar-refractivity contribution < 1.29 is 9.47 Å². The molecule has 2 heterocycles. The SMILES string of the molecule is CCCNc1cc(OCC2CCCCO2)nc(SC)n1. The molecule has 20 heavy (non-hydrogen) atoms. The molecule has 1 saturated heterocycles. The number of hydrogen-bond donors (Lipinski definition) is 1. The summed E-state index contributed by atoms with van der Waals surface area (Å²) in [6.07, 6.45) is 6.67. The number of anilines is 1. The van der Waals surface area contributed by atoms with Crippen molar-refractivity contribution in [2.45, 2.75) is 43.9 Å². The van der Waals surface area contributed by atoms with Gasteiger partial charge in [-0.3, -0.25) is 0 Å². The number of hydrogen-bond acceptors (Lipinski definition) is 6. The van der Waals surface area contributed by atoms with Gasteiger partial charge in [0, 0.05) is 19.2 Å². The molecule has 1 aliphatic rings. The van der Waals surface area contributed by atoms with E-state index in [1.165, 1.54) is 18.2 Å². The first-order chi connectivity index (χ1) is 9.81. The maximum absolute atomic E-state index is 5.78. The molecule has 0 spiro atoms. The van der Waals surface area contributed by atoms with Crippen LogP contribution in [0.1, 0.15) is 32.6 Å². The molecule has 2 rings (SSSR count). The molecule has 0 aliphatic carbocycles. The zero-order valence-corrected chi connectivity index (χ0v) is 13.0. The molecule has 0 radical (unpaired) electrons. The summed E-state index contributed by atoms with van der Waals surface area (Å²) in [6, 6.07) is 1.86.